The first-order valence-electron chi connectivity index (χ1n) is 18.4. The number of rotatable bonds is 10. The van der Waals surface area contributed by atoms with Crippen molar-refractivity contribution in [3.05, 3.63) is 0 Å². The number of hydrogen-bond acceptors (Lipinski definition) is 10. The van der Waals surface area contributed by atoms with Crippen LogP contribution in [0.25, 0.3) is 0 Å². The smallest absolute Gasteiger partial charge is 0.192 e. The molecule has 0 aromatic carbocycles. The Bertz CT molecular complexity index is 1110. The second kappa shape index (κ2) is 13.8. The highest BCUT2D eigenvalue weighted by Gasteiger charge is 2.62. The summed E-state index contributed by atoms with van der Waals surface area (Å²) in [5, 5.41) is 32.2. The molecule has 10 heteroatoms. The van der Waals surface area contributed by atoms with Gasteiger partial charge in [-0.2, -0.15) is 0 Å². The van der Waals surface area contributed by atoms with E-state index in [1.165, 1.54) is 0 Å². The molecule has 47 heavy (non-hydrogen) atoms. The van der Waals surface area contributed by atoms with E-state index < -0.39 is 35.5 Å². The summed E-state index contributed by atoms with van der Waals surface area (Å²) in [5.41, 5.74) is -1.08. The normalized spacial score (nSPS) is 50.9. The van der Waals surface area contributed by atoms with Crippen molar-refractivity contribution in [2.75, 3.05) is 13.7 Å². The van der Waals surface area contributed by atoms with Crippen molar-refractivity contribution in [1.29, 1.82) is 0 Å². The lowest BCUT2D eigenvalue weighted by molar-refractivity contribution is -0.336. The number of aliphatic hydroxyl groups excluding tert-OH is 2. The van der Waals surface area contributed by atoms with E-state index in [9.17, 15) is 20.1 Å². The monoisotopic (exact) mass is 668 g/mol. The van der Waals surface area contributed by atoms with Crippen LogP contribution in [0, 0.1) is 35.5 Å². The van der Waals surface area contributed by atoms with E-state index in [0.717, 1.165) is 38.5 Å². The number of hydrogen-bond donors (Lipinski definition) is 3. The van der Waals surface area contributed by atoms with E-state index in [0.29, 0.717) is 12.8 Å². The largest absolute Gasteiger partial charge is 0.393 e. The van der Waals surface area contributed by atoms with Crippen LogP contribution < -0.4 is 0 Å². The molecule has 0 bridgehead atoms. The van der Waals surface area contributed by atoms with Crippen molar-refractivity contribution in [3.8, 4) is 0 Å². The van der Waals surface area contributed by atoms with Crippen molar-refractivity contribution in [2.45, 2.75) is 179 Å². The quantitative estimate of drug-likeness (QED) is 0.299. The van der Waals surface area contributed by atoms with Crippen LogP contribution >= 0.6 is 0 Å². The maximum absolute atomic E-state index is 12.3. The highest BCUT2D eigenvalue weighted by Crippen LogP contribution is 2.55. The van der Waals surface area contributed by atoms with Gasteiger partial charge in [-0.15, -0.1) is 0 Å². The van der Waals surface area contributed by atoms with Gasteiger partial charge in [0.15, 0.2) is 11.6 Å². The van der Waals surface area contributed by atoms with Crippen LogP contribution in [0.15, 0.2) is 0 Å². The summed E-state index contributed by atoms with van der Waals surface area (Å²) in [6.07, 6.45) is 3.74. The lowest BCUT2D eigenvalue weighted by Crippen LogP contribution is -2.57. The molecule has 3 N–H and O–H groups in total. The number of ketones is 1. The molecule has 0 aromatic heterocycles. The zero-order chi connectivity index (χ0) is 34.7. The average molecular weight is 669 g/mol. The summed E-state index contributed by atoms with van der Waals surface area (Å²) in [4.78, 5) is 12.3. The van der Waals surface area contributed by atoms with Gasteiger partial charge in [0.25, 0.3) is 0 Å². The zero-order valence-corrected chi connectivity index (χ0v) is 30.6. The van der Waals surface area contributed by atoms with Gasteiger partial charge in [0.05, 0.1) is 60.5 Å². The van der Waals surface area contributed by atoms with E-state index >= 15 is 0 Å². The van der Waals surface area contributed by atoms with Crippen LogP contribution in [0.3, 0.4) is 0 Å². The van der Waals surface area contributed by atoms with E-state index in [1.54, 1.807) is 14.0 Å². The minimum absolute atomic E-state index is 0.0684. The Labute approximate surface area is 282 Å². The third kappa shape index (κ3) is 6.74. The number of carbonyl (C=O) groups is 1. The fourth-order valence-electron chi connectivity index (χ4n) is 10.0. The molecular formula is C37H64O10. The molecule has 5 rings (SSSR count). The molecule has 0 aromatic rings. The molecule has 0 radical (unpaired) electrons. The van der Waals surface area contributed by atoms with Gasteiger partial charge >= 0.3 is 0 Å². The van der Waals surface area contributed by atoms with E-state index in [2.05, 4.69) is 27.7 Å². The SMILES string of the molecule is CC[C@@]1([C@@H]2O[C@@H]([C@H]3O[C@@](O)(CO)[C@H](C)C[C@@H]3C)C[C@@H]2C)CC[C@H]([C@]2(C)CC[C@]3(C[C@H](O)[C@@H](C)[C@@H]([C@@H](C)[C@H](OC)C(C)C(C)=O)O3)O2)O1. The van der Waals surface area contributed by atoms with Gasteiger partial charge in [0.1, 0.15) is 5.78 Å². The number of carbonyl (C=O) groups excluding carboxylic acids is 1. The molecule has 1 spiro atoms. The van der Waals surface area contributed by atoms with Gasteiger partial charge in [-0.05, 0) is 64.2 Å². The third-order valence-electron chi connectivity index (χ3n) is 13.3. The van der Waals surface area contributed by atoms with Crippen molar-refractivity contribution in [1.82, 2.24) is 0 Å². The van der Waals surface area contributed by atoms with Crippen LogP contribution in [0.4, 0.5) is 0 Å². The van der Waals surface area contributed by atoms with E-state index in [4.69, 9.17) is 28.4 Å². The molecule has 0 amide bonds. The summed E-state index contributed by atoms with van der Waals surface area (Å²) in [7, 11) is 1.64. The summed E-state index contributed by atoms with van der Waals surface area (Å²) in [6.45, 7) is 17.7. The van der Waals surface area contributed by atoms with Crippen LogP contribution in [0.1, 0.15) is 114 Å². The van der Waals surface area contributed by atoms with Gasteiger partial charge in [0, 0.05) is 43.6 Å². The maximum atomic E-state index is 12.3. The fraction of sp³-hybridized carbons (Fsp3) is 0.973. The molecule has 272 valence electrons. The molecule has 0 saturated carbocycles. The Hall–Kier alpha value is -0.690. The number of methoxy groups -OCH3 is 1. The van der Waals surface area contributed by atoms with Gasteiger partial charge < -0.3 is 43.7 Å². The van der Waals surface area contributed by atoms with Crippen LogP contribution in [-0.4, -0.2) is 100 Å². The molecule has 5 fully saturated rings. The number of Topliss-reactive ketones (excluding diaryl/α,β-unsaturated/α-hetero) is 1. The number of ether oxygens (including phenoxy) is 6. The van der Waals surface area contributed by atoms with Gasteiger partial charge in [0.2, 0.25) is 0 Å². The molecule has 5 aliphatic heterocycles. The first kappa shape index (κ1) is 37.6. The van der Waals surface area contributed by atoms with Gasteiger partial charge in [-0.3, -0.25) is 4.79 Å². The van der Waals surface area contributed by atoms with E-state index in [-0.39, 0.29) is 77.9 Å². The van der Waals surface area contributed by atoms with Crippen LogP contribution in [0.5, 0.6) is 0 Å². The summed E-state index contributed by atoms with van der Waals surface area (Å²) < 4.78 is 39.8. The molecule has 1 unspecified atom stereocenters. The molecule has 10 nitrogen and oxygen atoms in total. The molecule has 5 aliphatic rings. The van der Waals surface area contributed by atoms with Crippen molar-refractivity contribution in [3.63, 3.8) is 0 Å². The zero-order valence-electron chi connectivity index (χ0n) is 30.6. The molecular weight excluding hydrogens is 604 g/mol. The molecule has 0 aliphatic carbocycles. The van der Waals surface area contributed by atoms with Crippen LogP contribution in [-0.2, 0) is 33.2 Å². The van der Waals surface area contributed by atoms with E-state index in [1.807, 2.05) is 27.7 Å². The Morgan fingerprint density at radius 3 is 2.34 bits per heavy atom. The second-order valence-corrected chi connectivity index (χ2v) is 16.6. The minimum atomic E-state index is -1.55. The maximum Gasteiger partial charge on any atom is 0.192 e. The molecule has 5 heterocycles. The Balaban J connectivity index is 1.29. The lowest BCUT2D eigenvalue weighted by Gasteiger charge is -2.49. The number of aliphatic hydroxyl groups is 3. The fourth-order valence-corrected chi connectivity index (χ4v) is 10.0. The highest BCUT2D eigenvalue weighted by atomic mass is 16.7. The van der Waals surface area contributed by atoms with Crippen molar-refractivity contribution in [2.24, 2.45) is 35.5 Å². The van der Waals surface area contributed by atoms with Crippen molar-refractivity contribution < 1.29 is 48.5 Å². The Kier molecular flexibility index (Phi) is 11.0. The first-order chi connectivity index (χ1) is 22.0. The predicted molar refractivity (Wildman–Crippen MR) is 175 cm³/mol. The predicted octanol–water partition coefficient (Wildman–Crippen LogP) is 4.78. The van der Waals surface area contributed by atoms with Gasteiger partial charge in [-0.25, -0.2) is 0 Å². The molecule has 17 atom stereocenters. The third-order valence-corrected chi connectivity index (χ3v) is 13.3. The Morgan fingerprint density at radius 1 is 1.02 bits per heavy atom. The van der Waals surface area contributed by atoms with Crippen molar-refractivity contribution >= 4 is 5.78 Å². The first-order valence-corrected chi connectivity index (χ1v) is 18.4. The minimum Gasteiger partial charge on any atom is -0.393 e. The lowest BCUT2D eigenvalue weighted by atomic mass is 9.77. The topological polar surface area (TPSA) is 133 Å². The Morgan fingerprint density at radius 2 is 1.72 bits per heavy atom. The summed E-state index contributed by atoms with van der Waals surface area (Å²) in [6, 6.07) is 0. The average Bonchev–Trinajstić information content (AvgIpc) is 3.73. The highest BCUT2D eigenvalue weighted by molar-refractivity contribution is 5.78. The summed E-state index contributed by atoms with van der Waals surface area (Å²) >= 11 is 0. The van der Waals surface area contributed by atoms with Crippen LogP contribution in [0.2, 0.25) is 0 Å². The van der Waals surface area contributed by atoms with Gasteiger partial charge in [-0.1, -0.05) is 48.5 Å². The summed E-state index contributed by atoms with van der Waals surface area (Å²) in [5.74, 6) is -2.72. The molecule has 5 saturated heterocycles. The second-order valence-electron chi connectivity index (χ2n) is 16.6. The standard InChI is InChI=1S/C37H64O10/c1-11-35(33-21(3)17-28(43-33)30-20(2)16-22(4)37(41,19-38)46-30)13-12-29(44-35)34(9)14-15-36(47-34)18-27(40)24(6)32(45-36)25(7)31(42-10)23(5)26(8)39/h20-25,27-33,38,40-41H,11-19H2,1-10H3/t20-,21-,22+,23?,24+,25-,27-,28+,29+,30-,31+,32-,33+,34-,35-,36+,37-/m0/s1.